The molecule has 0 aromatic carbocycles. The molecule has 0 aromatic rings. The molecule has 0 aliphatic rings. The summed E-state index contributed by atoms with van der Waals surface area (Å²) in [6, 6.07) is 0. The lowest BCUT2D eigenvalue weighted by molar-refractivity contribution is -0.137. The molecule has 0 aromatic heterocycles. The molecule has 6 nitrogen and oxygen atoms in total. The van der Waals surface area contributed by atoms with E-state index in [1.165, 1.54) is 13.8 Å². The molecule has 0 aliphatic carbocycles. The third kappa shape index (κ3) is 5.65. The van der Waals surface area contributed by atoms with Crippen molar-refractivity contribution >= 4 is 21.8 Å². The van der Waals surface area contributed by atoms with Gasteiger partial charge in [-0.25, -0.2) is 0 Å². The molecule has 14 heavy (non-hydrogen) atoms. The number of Topliss-reactive ketones (excluding diaryl/α,β-unsaturated/α-hetero) is 1. The molecule has 0 aliphatic heterocycles. The number of ketones is 1. The SMILES string of the molecule is CC(=O)C(=O)NC(C)(C)CS(=O)(=O)O. The summed E-state index contributed by atoms with van der Waals surface area (Å²) in [7, 11) is -4.18. The molecule has 2 N–H and O–H groups in total. The van der Waals surface area contributed by atoms with Crippen LogP contribution in [0.15, 0.2) is 0 Å². The number of nitrogens with one attached hydrogen (secondary N) is 1. The van der Waals surface area contributed by atoms with Gasteiger partial charge in [-0.3, -0.25) is 14.1 Å². The van der Waals surface area contributed by atoms with Gasteiger partial charge in [0.25, 0.3) is 16.0 Å². The van der Waals surface area contributed by atoms with E-state index in [9.17, 15) is 18.0 Å². The second kappa shape index (κ2) is 4.05. The molecular formula is C7H13NO5S. The molecule has 1 amide bonds. The topological polar surface area (TPSA) is 101 Å². The van der Waals surface area contributed by atoms with Gasteiger partial charge in [-0.1, -0.05) is 0 Å². The molecule has 0 saturated heterocycles. The molecule has 0 rings (SSSR count). The molecule has 0 radical (unpaired) electrons. The average Bonchev–Trinajstić information content (AvgIpc) is 1.78. The Morgan fingerprint density at radius 1 is 1.36 bits per heavy atom. The van der Waals surface area contributed by atoms with Gasteiger partial charge in [0.15, 0.2) is 0 Å². The minimum Gasteiger partial charge on any atom is -0.344 e. The fourth-order valence-corrected chi connectivity index (χ4v) is 1.87. The lowest BCUT2D eigenvalue weighted by Crippen LogP contribution is -2.50. The quantitative estimate of drug-likeness (QED) is 0.487. The predicted molar refractivity (Wildman–Crippen MR) is 49.3 cm³/mol. The molecular weight excluding hydrogens is 210 g/mol. The van der Waals surface area contributed by atoms with Gasteiger partial charge in [-0.2, -0.15) is 8.42 Å². The van der Waals surface area contributed by atoms with Gasteiger partial charge in [-0.05, 0) is 13.8 Å². The van der Waals surface area contributed by atoms with Crippen molar-refractivity contribution in [3.8, 4) is 0 Å². The maximum atomic E-state index is 10.9. The van der Waals surface area contributed by atoms with Crippen LogP contribution in [0.2, 0.25) is 0 Å². The van der Waals surface area contributed by atoms with Gasteiger partial charge in [0.2, 0.25) is 5.78 Å². The summed E-state index contributed by atoms with van der Waals surface area (Å²) in [6.45, 7) is 3.85. The van der Waals surface area contributed by atoms with Gasteiger partial charge >= 0.3 is 0 Å². The van der Waals surface area contributed by atoms with Crippen molar-refractivity contribution in [2.75, 3.05) is 5.75 Å². The zero-order chi connectivity index (χ0) is 11.6. The summed E-state index contributed by atoms with van der Waals surface area (Å²) in [6.07, 6.45) is 0. The Bertz CT molecular complexity index is 343. The van der Waals surface area contributed by atoms with Crippen molar-refractivity contribution < 1.29 is 22.6 Å². The third-order valence-electron chi connectivity index (χ3n) is 1.31. The summed E-state index contributed by atoms with van der Waals surface area (Å²) >= 11 is 0. The standard InChI is InChI=1S/C7H13NO5S/c1-5(9)6(10)8-7(2,3)4-14(11,12)13/h4H2,1-3H3,(H,8,10)(H,11,12,13). The maximum Gasteiger partial charge on any atom is 0.287 e. The number of carbonyl (C=O) groups excluding carboxylic acids is 2. The van der Waals surface area contributed by atoms with E-state index in [1.807, 2.05) is 0 Å². The van der Waals surface area contributed by atoms with Crippen molar-refractivity contribution in [3.63, 3.8) is 0 Å². The lowest BCUT2D eigenvalue weighted by atomic mass is 10.1. The Kier molecular flexibility index (Phi) is 3.78. The Morgan fingerprint density at radius 2 is 1.79 bits per heavy atom. The Balaban J connectivity index is 4.51. The van der Waals surface area contributed by atoms with E-state index in [0.717, 1.165) is 6.92 Å². The molecule has 0 fully saturated rings. The monoisotopic (exact) mass is 223 g/mol. The molecule has 82 valence electrons. The fourth-order valence-electron chi connectivity index (χ4n) is 0.887. The van der Waals surface area contributed by atoms with Crippen LogP contribution in [-0.4, -0.2) is 36.0 Å². The van der Waals surface area contributed by atoms with E-state index in [4.69, 9.17) is 4.55 Å². The molecule has 0 saturated carbocycles. The van der Waals surface area contributed by atoms with Crippen LogP contribution in [0.3, 0.4) is 0 Å². The molecule has 7 heteroatoms. The fraction of sp³-hybridized carbons (Fsp3) is 0.714. The second-order valence-corrected chi connectivity index (χ2v) is 5.07. The van der Waals surface area contributed by atoms with Crippen molar-refractivity contribution in [1.29, 1.82) is 0 Å². The van der Waals surface area contributed by atoms with Crippen molar-refractivity contribution in [2.24, 2.45) is 0 Å². The van der Waals surface area contributed by atoms with Crippen LogP contribution in [0.4, 0.5) is 0 Å². The Morgan fingerprint density at radius 3 is 2.07 bits per heavy atom. The largest absolute Gasteiger partial charge is 0.344 e. The van der Waals surface area contributed by atoms with Crippen LogP contribution in [0.5, 0.6) is 0 Å². The summed E-state index contributed by atoms with van der Waals surface area (Å²) in [5.74, 6) is -2.23. The maximum absolute atomic E-state index is 10.9. The van der Waals surface area contributed by atoms with E-state index >= 15 is 0 Å². The number of rotatable bonds is 4. The van der Waals surface area contributed by atoms with E-state index in [-0.39, 0.29) is 0 Å². The first kappa shape index (κ1) is 13.1. The van der Waals surface area contributed by atoms with Crippen LogP contribution in [0.25, 0.3) is 0 Å². The minimum atomic E-state index is -4.18. The highest BCUT2D eigenvalue weighted by molar-refractivity contribution is 7.85. The third-order valence-corrected chi connectivity index (χ3v) is 2.40. The van der Waals surface area contributed by atoms with E-state index < -0.39 is 33.1 Å². The highest BCUT2D eigenvalue weighted by Crippen LogP contribution is 2.05. The normalized spacial score (nSPS) is 12.3. The summed E-state index contributed by atoms with van der Waals surface area (Å²) in [5, 5.41) is 2.18. The molecule has 0 heterocycles. The number of hydrogen-bond donors (Lipinski definition) is 2. The summed E-state index contributed by atoms with van der Waals surface area (Å²) in [4.78, 5) is 21.5. The van der Waals surface area contributed by atoms with E-state index in [1.54, 1.807) is 0 Å². The van der Waals surface area contributed by atoms with Gasteiger partial charge in [0.1, 0.15) is 0 Å². The number of hydrogen-bond acceptors (Lipinski definition) is 4. The van der Waals surface area contributed by atoms with Crippen LogP contribution in [0.1, 0.15) is 20.8 Å². The zero-order valence-corrected chi connectivity index (χ0v) is 9.01. The first-order valence-electron chi connectivity index (χ1n) is 3.82. The predicted octanol–water partition coefficient (Wildman–Crippen LogP) is -0.642. The van der Waals surface area contributed by atoms with Crippen LogP contribution in [0, 0.1) is 0 Å². The summed E-state index contributed by atoms with van der Waals surface area (Å²) in [5.41, 5.74) is -1.17. The van der Waals surface area contributed by atoms with Gasteiger partial charge in [0.05, 0.1) is 11.3 Å². The molecule has 0 spiro atoms. The highest BCUT2D eigenvalue weighted by atomic mass is 32.2. The molecule has 0 unspecified atom stereocenters. The lowest BCUT2D eigenvalue weighted by Gasteiger charge is -2.23. The second-order valence-electron chi connectivity index (χ2n) is 3.62. The molecule has 0 bridgehead atoms. The smallest absolute Gasteiger partial charge is 0.287 e. The van der Waals surface area contributed by atoms with Crippen molar-refractivity contribution in [2.45, 2.75) is 26.3 Å². The highest BCUT2D eigenvalue weighted by Gasteiger charge is 2.27. The van der Waals surface area contributed by atoms with Crippen molar-refractivity contribution in [3.05, 3.63) is 0 Å². The Hall–Kier alpha value is -0.950. The Labute approximate surface area is 82.4 Å². The van der Waals surface area contributed by atoms with Crippen LogP contribution in [-0.2, 0) is 19.7 Å². The van der Waals surface area contributed by atoms with E-state index in [2.05, 4.69) is 5.32 Å². The van der Waals surface area contributed by atoms with Gasteiger partial charge in [0, 0.05) is 6.92 Å². The van der Waals surface area contributed by atoms with Crippen molar-refractivity contribution in [1.82, 2.24) is 5.32 Å². The van der Waals surface area contributed by atoms with E-state index in [0.29, 0.717) is 0 Å². The molecule has 0 atom stereocenters. The minimum absolute atomic E-state index is 0.640. The van der Waals surface area contributed by atoms with Gasteiger partial charge < -0.3 is 5.32 Å². The van der Waals surface area contributed by atoms with Crippen LogP contribution < -0.4 is 5.32 Å². The number of carbonyl (C=O) groups is 2. The first-order valence-corrected chi connectivity index (χ1v) is 5.43. The van der Waals surface area contributed by atoms with Gasteiger partial charge in [-0.15, -0.1) is 0 Å². The summed E-state index contributed by atoms with van der Waals surface area (Å²) < 4.78 is 29.6. The first-order chi connectivity index (χ1) is 6.03. The average molecular weight is 223 g/mol. The number of amides is 1. The zero-order valence-electron chi connectivity index (χ0n) is 8.20. The van der Waals surface area contributed by atoms with Crippen LogP contribution >= 0.6 is 0 Å².